The molecular weight excluding hydrogens is 384 g/mol. The lowest BCUT2D eigenvalue weighted by Gasteiger charge is -2.36. The van der Waals surface area contributed by atoms with Gasteiger partial charge < -0.3 is 29.0 Å². The molecule has 3 rings (SSSR count). The van der Waals surface area contributed by atoms with Crippen LogP contribution in [0.15, 0.2) is 52.1 Å². The summed E-state index contributed by atoms with van der Waals surface area (Å²) in [5.41, 5.74) is 1.13. The van der Waals surface area contributed by atoms with Crippen molar-refractivity contribution in [3.63, 3.8) is 0 Å². The van der Waals surface area contributed by atoms with Gasteiger partial charge in [-0.1, -0.05) is 12.1 Å². The van der Waals surface area contributed by atoms with Crippen LogP contribution in [-0.4, -0.2) is 75.2 Å². The van der Waals surface area contributed by atoms with Crippen LogP contribution in [-0.2, 0) is 11.3 Å². The summed E-state index contributed by atoms with van der Waals surface area (Å²) in [6, 6.07) is 11.3. The first kappa shape index (κ1) is 21.7. The summed E-state index contributed by atoms with van der Waals surface area (Å²) in [4.78, 5) is 20.7. The van der Waals surface area contributed by atoms with Crippen LogP contribution in [0.25, 0.3) is 0 Å². The Bertz CT molecular complexity index is 797. The van der Waals surface area contributed by atoms with Crippen LogP contribution in [0, 0.1) is 0 Å². The molecule has 8 nitrogen and oxygen atoms in total. The van der Waals surface area contributed by atoms with Gasteiger partial charge in [0.25, 0.3) is 5.91 Å². The molecule has 1 amide bonds. The topological polar surface area (TPSA) is 79.5 Å². The van der Waals surface area contributed by atoms with E-state index in [0.717, 1.165) is 43.3 Å². The third-order valence-electron chi connectivity index (χ3n) is 4.99. The minimum absolute atomic E-state index is 0.0587. The number of carbonyl (C=O) groups is 1. The molecule has 0 bridgehead atoms. The van der Waals surface area contributed by atoms with Crippen molar-refractivity contribution in [3.8, 4) is 5.75 Å². The molecule has 0 spiro atoms. The number of carbonyl (C=O) groups excluding carboxylic acids is 1. The van der Waals surface area contributed by atoms with Crippen molar-refractivity contribution in [3.05, 3.63) is 54.0 Å². The second-order valence-electron chi connectivity index (χ2n) is 6.98. The van der Waals surface area contributed by atoms with Crippen molar-refractivity contribution in [1.82, 2.24) is 15.1 Å². The van der Waals surface area contributed by atoms with E-state index in [2.05, 4.69) is 15.2 Å². The van der Waals surface area contributed by atoms with Gasteiger partial charge in [0, 0.05) is 46.4 Å². The van der Waals surface area contributed by atoms with E-state index in [0.29, 0.717) is 32.1 Å². The van der Waals surface area contributed by atoms with Gasteiger partial charge in [0.05, 0.1) is 20.0 Å². The summed E-state index contributed by atoms with van der Waals surface area (Å²) in [5.74, 6) is 2.04. The lowest BCUT2D eigenvalue weighted by Crippen LogP contribution is -2.53. The molecule has 2 aromatic rings. The summed E-state index contributed by atoms with van der Waals surface area (Å²) >= 11 is 0. The number of ether oxygens (including phenoxy) is 2. The molecule has 8 heteroatoms. The van der Waals surface area contributed by atoms with Gasteiger partial charge in [-0.25, -0.2) is 0 Å². The monoisotopic (exact) mass is 414 g/mol. The smallest absolute Gasteiger partial charge is 0.289 e. The summed E-state index contributed by atoms with van der Waals surface area (Å²) in [6.07, 6.45) is 2.40. The van der Waals surface area contributed by atoms with E-state index in [1.54, 1.807) is 26.3 Å². The second kappa shape index (κ2) is 11.3. The predicted octanol–water partition coefficient (Wildman–Crippen LogP) is 2.23. The van der Waals surface area contributed by atoms with Crippen molar-refractivity contribution in [1.29, 1.82) is 0 Å². The Balaban J connectivity index is 1.31. The Morgan fingerprint density at radius 2 is 1.87 bits per heavy atom. The quantitative estimate of drug-likeness (QED) is 0.405. The number of hydrogen-bond donors (Lipinski definition) is 1. The van der Waals surface area contributed by atoms with Crippen LogP contribution >= 0.6 is 0 Å². The summed E-state index contributed by atoms with van der Waals surface area (Å²) in [6.45, 7) is 4.79. The van der Waals surface area contributed by atoms with Crippen LogP contribution in [0.2, 0.25) is 0 Å². The van der Waals surface area contributed by atoms with Gasteiger partial charge in [0.15, 0.2) is 11.7 Å². The number of nitrogens with one attached hydrogen (secondary N) is 1. The first-order chi connectivity index (χ1) is 14.7. The van der Waals surface area contributed by atoms with E-state index in [9.17, 15) is 4.79 Å². The molecule has 0 unspecified atom stereocenters. The van der Waals surface area contributed by atoms with E-state index in [4.69, 9.17) is 13.9 Å². The minimum atomic E-state index is -0.0587. The highest BCUT2D eigenvalue weighted by molar-refractivity contribution is 5.91. The Kier molecular flexibility index (Phi) is 8.14. The first-order valence-electron chi connectivity index (χ1n) is 10.2. The van der Waals surface area contributed by atoms with E-state index >= 15 is 0 Å². The number of rotatable bonds is 8. The molecule has 1 fully saturated rings. The fourth-order valence-corrected chi connectivity index (χ4v) is 3.30. The Hall–Kier alpha value is -3.00. The van der Waals surface area contributed by atoms with Gasteiger partial charge in [0.1, 0.15) is 5.75 Å². The number of benzene rings is 1. The number of amides is 1. The molecule has 1 aliphatic heterocycles. The summed E-state index contributed by atoms with van der Waals surface area (Å²) < 4.78 is 16.1. The van der Waals surface area contributed by atoms with Crippen molar-refractivity contribution in [2.24, 2.45) is 4.99 Å². The Labute approximate surface area is 177 Å². The molecule has 1 saturated heterocycles. The Morgan fingerprint density at radius 1 is 1.13 bits per heavy atom. The lowest BCUT2D eigenvalue weighted by molar-refractivity contribution is 0.0657. The number of nitrogens with zero attached hydrogens (tertiary/aromatic N) is 3. The summed E-state index contributed by atoms with van der Waals surface area (Å²) in [7, 11) is 3.44. The van der Waals surface area contributed by atoms with Crippen LogP contribution < -0.4 is 10.1 Å². The Morgan fingerprint density at radius 3 is 2.50 bits per heavy atom. The van der Waals surface area contributed by atoms with Crippen molar-refractivity contribution in [2.75, 3.05) is 53.5 Å². The maximum atomic E-state index is 12.4. The molecule has 30 heavy (non-hydrogen) atoms. The van der Waals surface area contributed by atoms with E-state index < -0.39 is 0 Å². The van der Waals surface area contributed by atoms with E-state index in [1.807, 2.05) is 29.2 Å². The molecule has 0 atom stereocenters. The number of piperazine rings is 1. The second-order valence-corrected chi connectivity index (χ2v) is 6.98. The molecule has 2 heterocycles. The highest BCUT2D eigenvalue weighted by Crippen LogP contribution is 2.12. The zero-order valence-corrected chi connectivity index (χ0v) is 17.7. The van der Waals surface area contributed by atoms with Gasteiger partial charge >= 0.3 is 0 Å². The van der Waals surface area contributed by atoms with Gasteiger partial charge in [-0.05, 0) is 36.2 Å². The number of aliphatic imine (C=N–C) groups is 1. The molecule has 1 aromatic carbocycles. The standard InChI is InChI=1S/C22H30N4O4/c1-23-22(24-10-4-15-29-17-18-6-8-19(28-2)9-7-18)26-13-11-25(12-14-26)21(27)20-5-3-16-30-20/h3,5-9,16H,4,10-15,17H2,1-2H3,(H,23,24). The average Bonchev–Trinajstić information content (AvgIpc) is 3.34. The van der Waals surface area contributed by atoms with Crippen molar-refractivity contribution < 1.29 is 18.7 Å². The number of guanidine groups is 1. The summed E-state index contributed by atoms with van der Waals surface area (Å²) in [5, 5.41) is 3.38. The van der Waals surface area contributed by atoms with Gasteiger partial charge in [-0.15, -0.1) is 0 Å². The molecule has 0 radical (unpaired) electrons. The maximum absolute atomic E-state index is 12.4. The number of furan rings is 1. The highest BCUT2D eigenvalue weighted by Gasteiger charge is 2.24. The normalized spacial score (nSPS) is 14.7. The molecular formula is C22H30N4O4. The number of methoxy groups -OCH3 is 1. The van der Waals surface area contributed by atoms with E-state index in [-0.39, 0.29) is 5.91 Å². The zero-order valence-electron chi connectivity index (χ0n) is 17.7. The average molecular weight is 415 g/mol. The highest BCUT2D eigenvalue weighted by atomic mass is 16.5. The van der Waals surface area contributed by atoms with Crippen molar-refractivity contribution in [2.45, 2.75) is 13.0 Å². The van der Waals surface area contributed by atoms with Gasteiger partial charge in [-0.3, -0.25) is 9.79 Å². The lowest BCUT2D eigenvalue weighted by atomic mass is 10.2. The maximum Gasteiger partial charge on any atom is 0.289 e. The molecule has 162 valence electrons. The molecule has 0 aliphatic carbocycles. The fourth-order valence-electron chi connectivity index (χ4n) is 3.30. The van der Waals surface area contributed by atoms with Crippen LogP contribution in [0.4, 0.5) is 0 Å². The third-order valence-corrected chi connectivity index (χ3v) is 4.99. The van der Waals surface area contributed by atoms with Gasteiger partial charge in [0.2, 0.25) is 0 Å². The number of hydrogen-bond acceptors (Lipinski definition) is 5. The fraction of sp³-hybridized carbons (Fsp3) is 0.455. The van der Waals surface area contributed by atoms with E-state index in [1.165, 1.54) is 6.26 Å². The molecule has 1 aromatic heterocycles. The minimum Gasteiger partial charge on any atom is -0.497 e. The SMILES string of the molecule is CN=C(NCCCOCc1ccc(OC)cc1)N1CCN(C(=O)c2ccco2)CC1. The predicted molar refractivity (Wildman–Crippen MR) is 115 cm³/mol. The molecule has 0 saturated carbocycles. The van der Waals surface area contributed by atoms with Gasteiger partial charge in [-0.2, -0.15) is 0 Å². The van der Waals surface area contributed by atoms with Crippen LogP contribution in [0.1, 0.15) is 22.5 Å². The van der Waals surface area contributed by atoms with Crippen LogP contribution in [0.5, 0.6) is 5.75 Å². The third kappa shape index (κ3) is 6.00. The van der Waals surface area contributed by atoms with Crippen LogP contribution in [0.3, 0.4) is 0 Å². The first-order valence-corrected chi connectivity index (χ1v) is 10.2. The van der Waals surface area contributed by atoms with Crippen molar-refractivity contribution >= 4 is 11.9 Å². The zero-order chi connectivity index (χ0) is 21.2. The largest absolute Gasteiger partial charge is 0.497 e. The molecule has 1 N–H and O–H groups in total. The molecule has 1 aliphatic rings.